The van der Waals surface area contributed by atoms with Crippen molar-refractivity contribution in [2.45, 2.75) is 13.3 Å². The molecule has 2 heterocycles. The van der Waals surface area contributed by atoms with E-state index in [0.717, 1.165) is 32.7 Å². The summed E-state index contributed by atoms with van der Waals surface area (Å²) in [5, 5.41) is 0. The summed E-state index contributed by atoms with van der Waals surface area (Å²) in [6.07, 6.45) is 2.57. The molecule has 0 aliphatic heterocycles. The molecular formula is C15H13BrClN3. The average molecular weight is 351 g/mol. The van der Waals surface area contributed by atoms with Crippen LogP contribution in [-0.4, -0.2) is 20.4 Å². The maximum Gasteiger partial charge on any atom is 0.164 e. The van der Waals surface area contributed by atoms with Gasteiger partial charge in [0.2, 0.25) is 0 Å². The van der Waals surface area contributed by atoms with Crippen molar-refractivity contribution < 1.29 is 0 Å². The number of imidazole rings is 1. The monoisotopic (exact) mass is 349 g/mol. The fraction of sp³-hybridized carbons (Fsp3) is 0.200. The quantitative estimate of drug-likeness (QED) is 0.660. The van der Waals surface area contributed by atoms with Gasteiger partial charge in [-0.1, -0.05) is 12.1 Å². The van der Waals surface area contributed by atoms with Gasteiger partial charge in [-0.25, -0.2) is 9.97 Å². The Balaban J connectivity index is 2.32. The number of halogens is 2. The number of hydrogen-bond acceptors (Lipinski definition) is 2. The lowest BCUT2D eigenvalue weighted by atomic mass is 10.3. The summed E-state index contributed by atoms with van der Waals surface area (Å²) in [4.78, 5) is 9.21. The van der Waals surface area contributed by atoms with E-state index in [4.69, 9.17) is 11.6 Å². The SMILES string of the molecule is Cc1cnc2c(c1)nc(CCCl)n2-c1ccccc1Br. The minimum Gasteiger partial charge on any atom is -0.280 e. The topological polar surface area (TPSA) is 30.7 Å². The molecule has 0 unspecified atom stereocenters. The van der Waals surface area contributed by atoms with Gasteiger partial charge in [-0.05, 0) is 46.6 Å². The summed E-state index contributed by atoms with van der Waals surface area (Å²) in [6, 6.07) is 10.1. The van der Waals surface area contributed by atoms with Gasteiger partial charge in [0, 0.05) is 23.0 Å². The Labute approximate surface area is 130 Å². The number of aromatic nitrogens is 3. The van der Waals surface area contributed by atoms with Gasteiger partial charge in [0.25, 0.3) is 0 Å². The molecule has 0 aliphatic carbocycles. The Morgan fingerprint density at radius 1 is 1.30 bits per heavy atom. The molecule has 1 aromatic carbocycles. The molecule has 102 valence electrons. The van der Waals surface area contributed by atoms with Crippen LogP contribution in [0.15, 0.2) is 41.0 Å². The van der Waals surface area contributed by atoms with E-state index in [-0.39, 0.29) is 0 Å². The predicted octanol–water partition coefficient (Wildman–Crippen LogP) is 4.27. The highest BCUT2D eigenvalue weighted by molar-refractivity contribution is 9.10. The second-order valence-corrected chi connectivity index (χ2v) is 5.84. The Morgan fingerprint density at radius 2 is 2.10 bits per heavy atom. The molecule has 3 nitrogen and oxygen atoms in total. The van der Waals surface area contributed by atoms with Gasteiger partial charge >= 0.3 is 0 Å². The molecule has 0 amide bonds. The van der Waals surface area contributed by atoms with Crippen LogP contribution in [0, 0.1) is 6.92 Å². The van der Waals surface area contributed by atoms with Gasteiger partial charge in [-0.15, -0.1) is 11.6 Å². The first-order valence-corrected chi connectivity index (χ1v) is 7.68. The lowest BCUT2D eigenvalue weighted by molar-refractivity contribution is 0.902. The standard InChI is InChI=1S/C15H13BrClN3/c1-10-8-12-15(18-9-10)20(14(19-12)6-7-17)13-5-3-2-4-11(13)16/h2-5,8-9H,6-7H2,1H3. The number of rotatable bonds is 3. The Kier molecular flexibility index (Phi) is 3.76. The molecule has 3 rings (SSSR count). The number of aryl methyl sites for hydroxylation is 2. The second-order valence-electron chi connectivity index (χ2n) is 4.61. The van der Waals surface area contributed by atoms with Crippen molar-refractivity contribution in [1.82, 2.24) is 14.5 Å². The molecule has 0 atom stereocenters. The van der Waals surface area contributed by atoms with Crippen LogP contribution in [0.1, 0.15) is 11.4 Å². The first-order chi connectivity index (χ1) is 9.70. The van der Waals surface area contributed by atoms with Crippen molar-refractivity contribution in [2.75, 3.05) is 5.88 Å². The zero-order valence-electron chi connectivity index (χ0n) is 11.0. The summed E-state index contributed by atoms with van der Waals surface area (Å²) < 4.78 is 3.08. The fourth-order valence-corrected chi connectivity index (χ4v) is 2.88. The number of fused-ring (bicyclic) bond motifs is 1. The largest absolute Gasteiger partial charge is 0.280 e. The van der Waals surface area contributed by atoms with Crippen LogP contribution >= 0.6 is 27.5 Å². The molecule has 0 saturated carbocycles. The minimum absolute atomic E-state index is 0.534. The first-order valence-electron chi connectivity index (χ1n) is 6.35. The molecule has 20 heavy (non-hydrogen) atoms. The van der Waals surface area contributed by atoms with Crippen molar-refractivity contribution in [3.8, 4) is 5.69 Å². The maximum absolute atomic E-state index is 5.91. The molecule has 0 aliphatic rings. The molecule has 0 N–H and O–H groups in total. The van der Waals surface area contributed by atoms with Crippen LogP contribution in [0.2, 0.25) is 0 Å². The number of para-hydroxylation sites is 1. The van der Waals surface area contributed by atoms with E-state index < -0.39 is 0 Å². The maximum atomic E-state index is 5.91. The van der Waals surface area contributed by atoms with E-state index in [9.17, 15) is 0 Å². The Bertz CT molecular complexity index is 767. The van der Waals surface area contributed by atoms with E-state index >= 15 is 0 Å². The number of alkyl halides is 1. The van der Waals surface area contributed by atoms with E-state index in [2.05, 4.69) is 30.5 Å². The Hall–Kier alpha value is -1.39. The van der Waals surface area contributed by atoms with Crippen LogP contribution in [0.3, 0.4) is 0 Å². The molecule has 5 heteroatoms. The zero-order chi connectivity index (χ0) is 14.1. The van der Waals surface area contributed by atoms with Gasteiger partial charge in [0.15, 0.2) is 5.65 Å². The summed E-state index contributed by atoms with van der Waals surface area (Å²) in [5.41, 5.74) is 3.90. The van der Waals surface area contributed by atoms with Gasteiger partial charge < -0.3 is 0 Å². The number of hydrogen-bond donors (Lipinski definition) is 0. The summed E-state index contributed by atoms with van der Waals surface area (Å²) >= 11 is 9.50. The minimum atomic E-state index is 0.534. The van der Waals surface area contributed by atoms with Crippen molar-refractivity contribution in [3.63, 3.8) is 0 Å². The third-order valence-electron chi connectivity index (χ3n) is 3.11. The third-order valence-corrected chi connectivity index (χ3v) is 3.97. The fourth-order valence-electron chi connectivity index (χ4n) is 2.25. The van der Waals surface area contributed by atoms with Crippen LogP contribution < -0.4 is 0 Å². The molecule has 0 spiro atoms. The molecule has 0 fully saturated rings. The average Bonchev–Trinajstić information content (AvgIpc) is 2.77. The molecule has 0 saturated heterocycles. The van der Waals surface area contributed by atoms with Crippen LogP contribution in [-0.2, 0) is 6.42 Å². The first kappa shape index (κ1) is 13.6. The molecule has 2 aromatic heterocycles. The number of benzene rings is 1. The summed E-state index contributed by atoms with van der Waals surface area (Å²) in [7, 11) is 0. The summed E-state index contributed by atoms with van der Waals surface area (Å²) in [5.74, 6) is 1.47. The lowest BCUT2D eigenvalue weighted by Crippen LogP contribution is -2.03. The highest BCUT2D eigenvalue weighted by Gasteiger charge is 2.15. The smallest absolute Gasteiger partial charge is 0.164 e. The van der Waals surface area contributed by atoms with Gasteiger partial charge in [0.1, 0.15) is 11.3 Å². The number of nitrogens with zero attached hydrogens (tertiary/aromatic N) is 3. The highest BCUT2D eigenvalue weighted by atomic mass is 79.9. The molecule has 0 bridgehead atoms. The van der Waals surface area contributed by atoms with Crippen molar-refractivity contribution in [3.05, 3.63) is 52.4 Å². The second kappa shape index (κ2) is 5.54. The highest BCUT2D eigenvalue weighted by Crippen LogP contribution is 2.26. The lowest BCUT2D eigenvalue weighted by Gasteiger charge is -2.09. The van der Waals surface area contributed by atoms with Gasteiger partial charge in [-0.3, -0.25) is 4.57 Å². The van der Waals surface area contributed by atoms with Crippen LogP contribution in [0.4, 0.5) is 0 Å². The van der Waals surface area contributed by atoms with Crippen molar-refractivity contribution in [2.24, 2.45) is 0 Å². The third kappa shape index (κ3) is 2.34. The summed E-state index contributed by atoms with van der Waals surface area (Å²) in [6.45, 7) is 2.02. The van der Waals surface area contributed by atoms with E-state index in [1.807, 2.05) is 43.5 Å². The van der Waals surface area contributed by atoms with E-state index in [0.29, 0.717) is 12.3 Å². The number of pyridine rings is 1. The predicted molar refractivity (Wildman–Crippen MR) is 85.7 cm³/mol. The van der Waals surface area contributed by atoms with E-state index in [1.54, 1.807) is 0 Å². The van der Waals surface area contributed by atoms with Crippen molar-refractivity contribution in [1.29, 1.82) is 0 Å². The van der Waals surface area contributed by atoms with Crippen LogP contribution in [0.25, 0.3) is 16.9 Å². The molecule has 3 aromatic rings. The van der Waals surface area contributed by atoms with Crippen molar-refractivity contribution >= 4 is 38.7 Å². The van der Waals surface area contributed by atoms with Gasteiger partial charge in [0.05, 0.1) is 5.69 Å². The van der Waals surface area contributed by atoms with E-state index in [1.165, 1.54) is 0 Å². The zero-order valence-corrected chi connectivity index (χ0v) is 13.3. The normalized spacial score (nSPS) is 11.2. The Morgan fingerprint density at radius 3 is 2.85 bits per heavy atom. The van der Waals surface area contributed by atoms with Gasteiger partial charge in [-0.2, -0.15) is 0 Å². The molecule has 0 radical (unpaired) electrons. The van der Waals surface area contributed by atoms with Crippen LogP contribution in [0.5, 0.6) is 0 Å². The molecular weight excluding hydrogens is 338 g/mol.